The molecule has 0 N–H and O–H groups in total. The Morgan fingerprint density at radius 2 is 1.79 bits per heavy atom. The van der Waals surface area contributed by atoms with Gasteiger partial charge in [-0.05, 0) is 48.7 Å². The van der Waals surface area contributed by atoms with Gasteiger partial charge in [0.25, 0.3) is 11.6 Å². The van der Waals surface area contributed by atoms with E-state index in [-0.39, 0.29) is 12.1 Å². The largest absolute Gasteiger partial charge is 0.288 e. The zero-order valence-corrected chi connectivity index (χ0v) is 20.3. The topological polar surface area (TPSA) is 110 Å². The van der Waals surface area contributed by atoms with E-state index in [2.05, 4.69) is 4.98 Å². The summed E-state index contributed by atoms with van der Waals surface area (Å²) in [5.74, 6) is -0.513. The molecule has 174 valence electrons. The molecule has 0 aliphatic carbocycles. The summed E-state index contributed by atoms with van der Waals surface area (Å²) in [4.78, 5) is 30.1. The number of hydrogen-bond acceptors (Lipinski definition) is 7. The number of carbonyl (C=O) groups is 1. The van der Waals surface area contributed by atoms with Gasteiger partial charge in [-0.15, -0.1) is 0 Å². The minimum atomic E-state index is -3.84. The van der Waals surface area contributed by atoms with Gasteiger partial charge in [0, 0.05) is 17.9 Å². The first-order valence-electron chi connectivity index (χ1n) is 10.3. The number of anilines is 1. The average Bonchev–Trinajstić information content (AvgIpc) is 3.20. The molecule has 0 bridgehead atoms. The number of aromatic nitrogens is 1. The van der Waals surface area contributed by atoms with Gasteiger partial charge in [0.15, 0.2) is 15.0 Å². The lowest BCUT2D eigenvalue weighted by molar-refractivity contribution is -0.387. The summed E-state index contributed by atoms with van der Waals surface area (Å²) < 4.78 is 24.9. The monoisotopic (exact) mass is 495 g/mol. The number of nitro benzene ring substituents is 1. The van der Waals surface area contributed by atoms with Gasteiger partial charge in [0.2, 0.25) is 0 Å². The molecule has 0 saturated heterocycles. The van der Waals surface area contributed by atoms with E-state index < -0.39 is 31.3 Å². The number of aryl methyl sites for hydroxylation is 2. The molecular formula is C24H21N3O5S2. The standard InChI is InChI=1S/C24H21N3O5S2/c1-15-11-16(2)22-19(12-15)25-24(33-22)26(14-17-7-5-4-6-8-17)23(28)18-9-10-21(34(3,31)32)20(13-18)27(29)30/h4-13H,14H2,1-3H3. The molecule has 8 nitrogen and oxygen atoms in total. The summed E-state index contributed by atoms with van der Waals surface area (Å²) in [6.07, 6.45) is 0.893. The average molecular weight is 496 g/mol. The SMILES string of the molecule is Cc1cc(C)c2sc(N(Cc3ccccc3)C(=O)c3ccc(S(C)(=O)=O)c([N+](=O)[O-])c3)nc2c1. The summed E-state index contributed by atoms with van der Waals surface area (Å²) in [5, 5.41) is 12.0. The van der Waals surface area contributed by atoms with Crippen molar-refractivity contribution < 1.29 is 18.1 Å². The van der Waals surface area contributed by atoms with Crippen LogP contribution in [0.4, 0.5) is 10.8 Å². The van der Waals surface area contributed by atoms with Crippen LogP contribution in [0.2, 0.25) is 0 Å². The summed E-state index contributed by atoms with van der Waals surface area (Å²) in [6.45, 7) is 4.15. The highest BCUT2D eigenvalue weighted by Crippen LogP contribution is 2.34. The van der Waals surface area contributed by atoms with Gasteiger partial charge < -0.3 is 0 Å². The number of carbonyl (C=O) groups excluding carboxylic acids is 1. The maximum Gasteiger partial charge on any atom is 0.288 e. The fourth-order valence-electron chi connectivity index (χ4n) is 3.74. The van der Waals surface area contributed by atoms with Crippen LogP contribution < -0.4 is 4.90 Å². The van der Waals surface area contributed by atoms with Crippen molar-refractivity contribution in [3.63, 3.8) is 0 Å². The molecule has 34 heavy (non-hydrogen) atoms. The molecule has 0 saturated carbocycles. The summed E-state index contributed by atoms with van der Waals surface area (Å²) in [5.41, 5.74) is 3.08. The van der Waals surface area contributed by atoms with E-state index in [1.165, 1.54) is 22.3 Å². The Balaban J connectivity index is 1.84. The predicted molar refractivity (Wildman–Crippen MR) is 132 cm³/mol. The molecule has 1 aromatic heterocycles. The third kappa shape index (κ3) is 4.68. The summed E-state index contributed by atoms with van der Waals surface area (Å²) >= 11 is 1.37. The first-order valence-corrected chi connectivity index (χ1v) is 13.0. The van der Waals surface area contributed by atoms with Crippen molar-refractivity contribution in [3.05, 3.63) is 93.0 Å². The first kappa shape index (κ1) is 23.5. The van der Waals surface area contributed by atoms with Crippen LogP contribution in [0.15, 0.2) is 65.6 Å². The third-order valence-corrected chi connectivity index (χ3v) is 7.64. The number of hydrogen-bond donors (Lipinski definition) is 0. The molecule has 0 atom stereocenters. The van der Waals surface area contributed by atoms with Gasteiger partial charge in [-0.1, -0.05) is 47.7 Å². The van der Waals surface area contributed by atoms with Gasteiger partial charge in [-0.3, -0.25) is 19.8 Å². The number of rotatable bonds is 6. The molecule has 0 aliphatic heterocycles. The van der Waals surface area contributed by atoms with E-state index in [1.807, 2.05) is 56.3 Å². The molecule has 1 amide bonds. The number of amides is 1. The number of nitro groups is 1. The predicted octanol–water partition coefficient (Wildman–Crippen LogP) is 5.07. The smallest absolute Gasteiger partial charge is 0.279 e. The number of sulfone groups is 1. The van der Waals surface area contributed by atoms with E-state index >= 15 is 0 Å². The maximum absolute atomic E-state index is 13.6. The van der Waals surface area contributed by atoms with Crippen LogP contribution in [0.1, 0.15) is 27.0 Å². The van der Waals surface area contributed by atoms with Crippen LogP contribution in [0.25, 0.3) is 10.2 Å². The Labute approximate surface area is 200 Å². The lowest BCUT2D eigenvalue weighted by Gasteiger charge is -2.20. The lowest BCUT2D eigenvalue weighted by Crippen LogP contribution is -2.30. The quantitative estimate of drug-likeness (QED) is 0.273. The fraction of sp³-hybridized carbons (Fsp3) is 0.167. The number of thiazole rings is 1. The Hall–Kier alpha value is -3.63. The lowest BCUT2D eigenvalue weighted by atomic mass is 10.1. The highest BCUT2D eigenvalue weighted by atomic mass is 32.2. The summed E-state index contributed by atoms with van der Waals surface area (Å²) in [7, 11) is -3.84. The number of nitrogens with zero attached hydrogens (tertiary/aromatic N) is 3. The minimum absolute atomic E-state index is 0.00203. The van der Waals surface area contributed by atoms with Crippen molar-refractivity contribution in [2.75, 3.05) is 11.2 Å². The van der Waals surface area contributed by atoms with Crippen molar-refractivity contribution in [2.45, 2.75) is 25.3 Å². The highest BCUT2D eigenvalue weighted by molar-refractivity contribution is 7.90. The van der Waals surface area contributed by atoms with Gasteiger partial charge in [-0.25, -0.2) is 13.4 Å². The second kappa shape index (κ2) is 8.96. The Kier molecular flexibility index (Phi) is 6.20. The van der Waals surface area contributed by atoms with Crippen LogP contribution in [0, 0.1) is 24.0 Å². The van der Waals surface area contributed by atoms with Crippen LogP contribution in [0.3, 0.4) is 0 Å². The second-order valence-corrected chi connectivity index (χ2v) is 11.0. The Bertz CT molecular complexity index is 1530. The van der Waals surface area contributed by atoms with E-state index in [0.29, 0.717) is 5.13 Å². The third-order valence-electron chi connectivity index (χ3n) is 5.27. The minimum Gasteiger partial charge on any atom is -0.279 e. The Morgan fingerprint density at radius 1 is 1.09 bits per heavy atom. The Morgan fingerprint density at radius 3 is 2.44 bits per heavy atom. The molecule has 3 aromatic carbocycles. The van der Waals surface area contributed by atoms with E-state index in [0.717, 1.165) is 45.3 Å². The van der Waals surface area contributed by atoms with Crippen molar-refractivity contribution in [1.82, 2.24) is 4.98 Å². The maximum atomic E-state index is 13.6. The molecule has 0 radical (unpaired) electrons. The molecule has 0 fully saturated rings. The molecule has 0 unspecified atom stereocenters. The van der Waals surface area contributed by atoms with E-state index in [4.69, 9.17) is 0 Å². The van der Waals surface area contributed by atoms with Crippen LogP contribution in [-0.4, -0.2) is 30.5 Å². The molecule has 4 rings (SSSR count). The number of benzene rings is 3. The first-order chi connectivity index (χ1) is 16.0. The van der Waals surface area contributed by atoms with E-state index in [1.54, 1.807) is 0 Å². The number of fused-ring (bicyclic) bond motifs is 1. The van der Waals surface area contributed by atoms with Gasteiger partial charge in [-0.2, -0.15) is 0 Å². The fourth-order valence-corrected chi connectivity index (χ4v) is 5.58. The highest BCUT2D eigenvalue weighted by Gasteiger charge is 2.28. The van der Waals surface area contributed by atoms with Crippen LogP contribution >= 0.6 is 11.3 Å². The molecular weight excluding hydrogens is 474 g/mol. The molecule has 0 spiro atoms. The molecule has 1 heterocycles. The van der Waals surface area contributed by atoms with Crippen molar-refractivity contribution in [1.29, 1.82) is 0 Å². The molecule has 0 aliphatic rings. The van der Waals surface area contributed by atoms with Gasteiger partial charge in [0.1, 0.15) is 4.90 Å². The zero-order chi connectivity index (χ0) is 24.6. The normalized spacial score (nSPS) is 11.5. The molecule has 4 aromatic rings. The van der Waals surface area contributed by atoms with Crippen molar-refractivity contribution in [2.24, 2.45) is 0 Å². The zero-order valence-electron chi connectivity index (χ0n) is 18.7. The van der Waals surface area contributed by atoms with Crippen molar-refractivity contribution >= 4 is 48.1 Å². The van der Waals surface area contributed by atoms with Gasteiger partial charge in [0.05, 0.1) is 21.7 Å². The van der Waals surface area contributed by atoms with E-state index in [9.17, 15) is 23.3 Å². The van der Waals surface area contributed by atoms with Crippen molar-refractivity contribution in [3.8, 4) is 0 Å². The van der Waals surface area contributed by atoms with Crippen LogP contribution in [0.5, 0.6) is 0 Å². The summed E-state index contributed by atoms with van der Waals surface area (Å²) in [6, 6.07) is 16.7. The molecule has 10 heteroatoms. The second-order valence-electron chi connectivity index (χ2n) is 8.02. The van der Waals surface area contributed by atoms with Crippen LogP contribution in [-0.2, 0) is 16.4 Å². The van der Waals surface area contributed by atoms with Gasteiger partial charge >= 0.3 is 0 Å².